The fraction of sp³-hybridized carbons (Fsp3) is 0.500. The van der Waals surface area contributed by atoms with Crippen LogP contribution in [0.1, 0.15) is 49.4 Å². The van der Waals surface area contributed by atoms with Crippen LogP contribution in [-0.4, -0.2) is 18.4 Å². The van der Waals surface area contributed by atoms with E-state index in [0.29, 0.717) is 12.2 Å². The molecule has 1 fully saturated rings. The maximum absolute atomic E-state index is 11.9. The minimum Gasteiger partial charge on any atom is -0.494 e. The molecule has 0 spiro atoms. The third-order valence-electron chi connectivity index (χ3n) is 3.70. The molecule has 0 aromatic heterocycles. The molecule has 114 valence electrons. The number of carbonyl (C=O) groups excluding carboxylic acids is 2. The molecule has 21 heavy (non-hydrogen) atoms. The summed E-state index contributed by atoms with van der Waals surface area (Å²) in [5.41, 5.74) is 5.48. The van der Waals surface area contributed by atoms with Crippen LogP contribution < -0.4 is 15.6 Å². The summed E-state index contributed by atoms with van der Waals surface area (Å²) in [4.78, 5) is 23.9. The van der Waals surface area contributed by atoms with E-state index in [4.69, 9.17) is 4.74 Å². The minimum atomic E-state index is -0.317. The van der Waals surface area contributed by atoms with Crippen molar-refractivity contribution in [2.24, 2.45) is 5.92 Å². The molecule has 2 rings (SSSR count). The van der Waals surface area contributed by atoms with Crippen molar-refractivity contribution in [3.05, 3.63) is 29.8 Å². The lowest BCUT2D eigenvalue weighted by atomic mass is 9.89. The molecular weight excluding hydrogens is 268 g/mol. The molecule has 1 aromatic carbocycles. The zero-order chi connectivity index (χ0) is 15.1. The van der Waals surface area contributed by atoms with Gasteiger partial charge in [0.1, 0.15) is 5.75 Å². The largest absolute Gasteiger partial charge is 0.494 e. The number of amides is 2. The standard InChI is InChI=1S/C16H22N2O3/c1-2-21-14-10-8-13(9-11-14)16(20)18-17-15(19)12-6-4-3-5-7-12/h8-12H,2-7H2,1H3,(H,17,19)(H,18,20). The number of ether oxygens (including phenoxy) is 1. The monoisotopic (exact) mass is 290 g/mol. The van der Waals surface area contributed by atoms with Crippen molar-refractivity contribution in [2.75, 3.05) is 6.61 Å². The Balaban J connectivity index is 1.82. The molecule has 1 aromatic rings. The summed E-state index contributed by atoms with van der Waals surface area (Å²) >= 11 is 0. The average molecular weight is 290 g/mol. The summed E-state index contributed by atoms with van der Waals surface area (Å²) in [5, 5.41) is 0. The van der Waals surface area contributed by atoms with Crippen LogP contribution in [0.2, 0.25) is 0 Å². The molecule has 0 radical (unpaired) electrons. The lowest BCUT2D eigenvalue weighted by Crippen LogP contribution is -2.44. The Labute approximate surface area is 125 Å². The number of hydrogen-bond acceptors (Lipinski definition) is 3. The van der Waals surface area contributed by atoms with Crippen molar-refractivity contribution in [3.8, 4) is 5.75 Å². The van der Waals surface area contributed by atoms with Crippen LogP contribution in [0.15, 0.2) is 24.3 Å². The summed E-state index contributed by atoms with van der Waals surface area (Å²) in [6, 6.07) is 6.82. The molecule has 0 bridgehead atoms. The van der Waals surface area contributed by atoms with Gasteiger partial charge in [0, 0.05) is 11.5 Å². The number of benzene rings is 1. The molecule has 1 aliphatic rings. The van der Waals surface area contributed by atoms with E-state index >= 15 is 0 Å². The summed E-state index contributed by atoms with van der Waals surface area (Å²) < 4.78 is 5.32. The van der Waals surface area contributed by atoms with Crippen LogP contribution in [0, 0.1) is 5.92 Å². The van der Waals surface area contributed by atoms with E-state index in [2.05, 4.69) is 10.9 Å². The van der Waals surface area contributed by atoms with Gasteiger partial charge in [0.25, 0.3) is 5.91 Å². The second kappa shape index (κ2) is 7.67. The summed E-state index contributed by atoms with van der Waals surface area (Å²) in [6.07, 6.45) is 5.19. The molecule has 0 unspecified atom stereocenters. The van der Waals surface area contributed by atoms with Gasteiger partial charge in [0.15, 0.2) is 0 Å². The summed E-state index contributed by atoms with van der Waals surface area (Å²) in [5.74, 6) is 0.343. The Morgan fingerprint density at radius 3 is 2.38 bits per heavy atom. The van der Waals surface area contributed by atoms with Gasteiger partial charge in [-0.05, 0) is 44.0 Å². The van der Waals surface area contributed by atoms with Gasteiger partial charge < -0.3 is 4.74 Å². The maximum Gasteiger partial charge on any atom is 0.269 e. The van der Waals surface area contributed by atoms with Gasteiger partial charge in [-0.2, -0.15) is 0 Å². The summed E-state index contributed by atoms with van der Waals surface area (Å²) in [6.45, 7) is 2.49. The summed E-state index contributed by atoms with van der Waals surface area (Å²) in [7, 11) is 0. The van der Waals surface area contributed by atoms with Crippen molar-refractivity contribution in [1.29, 1.82) is 0 Å². The Bertz CT molecular complexity index is 479. The van der Waals surface area contributed by atoms with E-state index in [-0.39, 0.29) is 17.7 Å². The Hall–Kier alpha value is -2.04. The topological polar surface area (TPSA) is 67.4 Å². The smallest absolute Gasteiger partial charge is 0.269 e. The lowest BCUT2D eigenvalue weighted by Gasteiger charge is -2.20. The number of nitrogens with one attached hydrogen (secondary N) is 2. The highest BCUT2D eigenvalue weighted by Crippen LogP contribution is 2.23. The van der Waals surface area contributed by atoms with Crippen LogP contribution in [0.3, 0.4) is 0 Å². The SMILES string of the molecule is CCOc1ccc(C(=O)NNC(=O)C2CCCCC2)cc1. The molecule has 0 heterocycles. The molecule has 0 saturated heterocycles. The number of rotatable bonds is 4. The van der Waals surface area contributed by atoms with Crippen LogP contribution >= 0.6 is 0 Å². The highest BCUT2D eigenvalue weighted by Gasteiger charge is 2.21. The quantitative estimate of drug-likeness (QED) is 0.837. The van der Waals surface area contributed by atoms with Crippen molar-refractivity contribution < 1.29 is 14.3 Å². The number of hydrazine groups is 1. The molecule has 0 aliphatic heterocycles. The van der Waals surface area contributed by atoms with E-state index in [9.17, 15) is 9.59 Å². The Kier molecular flexibility index (Phi) is 5.60. The van der Waals surface area contributed by atoms with Crippen molar-refractivity contribution in [3.63, 3.8) is 0 Å². The van der Waals surface area contributed by atoms with Gasteiger partial charge in [0.2, 0.25) is 5.91 Å². The van der Waals surface area contributed by atoms with Crippen molar-refractivity contribution >= 4 is 11.8 Å². The van der Waals surface area contributed by atoms with E-state index in [1.54, 1.807) is 24.3 Å². The van der Waals surface area contributed by atoms with Crippen LogP contribution in [-0.2, 0) is 4.79 Å². The number of hydrogen-bond donors (Lipinski definition) is 2. The van der Waals surface area contributed by atoms with Crippen molar-refractivity contribution in [2.45, 2.75) is 39.0 Å². The normalized spacial score (nSPS) is 15.3. The molecule has 5 nitrogen and oxygen atoms in total. The first-order valence-electron chi connectivity index (χ1n) is 7.53. The van der Waals surface area contributed by atoms with Gasteiger partial charge in [-0.3, -0.25) is 20.4 Å². The fourth-order valence-corrected chi connectivity index (χ4v) is 2.53. The average Bonchev–Trinajstić information content (AvgIpc) is 2.54. The fourth-order valence-electron chi connectivity index (χ4n) is 2.53. The van der Waals surface area contributed by atoms with Crippen molar-refractivity contribution in [1.82, 2.24) is 10.9 Å². The third kappa shape index (κ3) is 4.48. The predicted molar refractivity (Wildman–Crippen MR) is 79.8 cm³/mol. The predicted octanol–water partition coefficient (Wildman–Crippen LogP) is 2.43. The van der Waals surface area contributed by atoms with Crippen LogP contribution in [0.4, 0.5) is 0 Å². The molecule has 0 atom stereocenters. The first kappa shape index (κ1) is 15.4. The van der Waals surface area contributed by atoms with E-state index < -0.39 is 0 Å². The van der Waals surface area contributed by atoms with E-state index in [1.165, 1.54) is 6.42 Å². The van der Waals surface area contributed by atoms with Crippen LogP contribution in [0.25, 0.3) is 0 Å². The van der Waals surface area contributed by atoms with Crippen LogP contribution in [0.5, 0.6) is 5.75 Å². The van der Waals surface area contributed by atoms with Gasteiger partial charge >= 0.3 is 0 Å². The maximum atomic E-state index is 11.9. The Morgan fingerprint density at radius 1 is 1.10 bits per heavy atom. The highest BCUT2D eigenvalue weighted by atomic mass is 16.5. The number of carbonyl (C=O) groups is 2. The third-order valence-corrected chi connectivity index (χ3v) is 3.70. The molecule has 1 aliphatic carbocycles. The second-order valence-electron chi connectivity index (χ2n) is 5.24. The van der Waals surface area contributed by atoms with Gasteiger partial charge in [-0.25, -0.2) is 0 Å². The first-order valence-corrected chi connectivity index (χ1v) is 7.53. The van der Waals surface area contributed by atoms with E-state index in [0.717, 1.165) is 31.4 Å². The van der Waals surface area contributed by atoms with E-state index in [1.807, 2.05) is 6.92 Å². The molecule has 5 heteroatoms. The lowest BCUT2D eigenvalue weighted by molar-refractivity contribution is -0.126. The zero-order valence-corrected chi connectivity index (χ0v) is 12.4. The van der Waals surface area contributed by atoms with Gasteiger partial charge in [0.05, 0.1) is 6.61 Å². The molecular formula is C16H22N2O3. The molecule has 1 saturated carbocycles. The molecule has 2 amide bonds. The molecule has 2 N–H and O–H groups in total. The minimum absolute atomic E-state index is 0.0272. The van der Waals surface area contributed by atoms with Gasteiger partial charge in [-0.1, -0.05) is 19.3 Å². The zero-order valence-electron chi connectivity index (χ0n) is 12.4. The first-order chi connectivity index (χ1) is 10.2. The Morgan fingerprint density at radius 2 is 1.76 bits per heavy atom. The van der Waals surface area contributed by atoms with Gasteiger partial charge in [-0.15, -0.1) is 0 Å². The highest BCUT2D eigenvalue weighted by molar-refractivity contribution is 5.95. The second-order valence-corrected chi connectivity index (χ2v) is 5.24.